The molecule has 0 radical (unpaired) electrons. The Hall–Kier alpha value is -1.21. The molecule has 2 unspecified atom stereocenters. The number of thioether (sulfide) groups is 2. The summed E-state index contributed by atoms with van der Waals surface area (Å²) in [5.74, 6) is -0.729. The molecule has 0 aliphatic carbocycles. The summed E-state index contributed by atoms with van der Waals surface area (Å²) in [4.78, 5) is 30.0. The number of hydrogen-bond donors (Lipinski definition) is 1. The smallest absolute Gasteiger partial charge is 0.327 e. The van der Waals surface area contributed by atoms with E-state index in [9.17, 15) is 14.7 Å². The van der Waals surface area contributed by atoms with Gasteiger partial charge in [0.05, 0.1) is 10.9 Å². The lowest BCUT2D eigenvalue weighted by Crippen LogP contribution is -2.45. The Labute approximate surface area is 132 Å². The van der Waals surface area contributed by atoms with Gasteiger partial charge in [-0.15, -0.1) is 23.5 Å². The molecule has 1 amide bonds. The maximum atomic E-state index is 12.8. The van der Waals surface area contributed by atoms with Crippen molar-refractivity contribution in [3.8, 4) is 0 Å². The van der Waals surface area contributed by atoms with Gasteiger partial charge in [0, 0.05) is 11.9 Å². The molecule has 2 atom stereocenters. The van der Waals surface area contributed by atoms with Crippen LogP contribution in [0.5, 0.6) is 0 Å². The van der Waals surface area contributed by atoms with Crippen LogP contribution >= 0.6 is 23.5 Å². The molecule has 21 heavy (non-hydrogen) atoms. The SMILES string of the molecule is CCCC1SCC(C(=O)O)N1C(=O)c1cccnc1SC. The Morgan fingerprint density at radius 1 is 1.57 bits per heavy atom. The van der Waals surface area contributed by atoms with E-state index in [1.165, 1.54) is 16.7 Å². The zero-order valence-electron chi connectivity index (χ0n) is 12.0. The number of pyridine rings is 1. The van der Waals surface area contributed by atoms with E-state index in [0.29, 0.717) is 16.3 Å². The number of nitrogens with zero attached hydrogens (tertiary/aromatic N) is 2. The number of carbonyl (C=O) groups excluding carboxylic acids is 1. The molecule has 2 rings (SSSR count). The molecule has 5 nitrogen and oxygen atoms in total. The molecule has 114 valence electrons. The third kappa shape index (κ3) is 3.35. The topological polar surface area (TPSA) is 70.5 Å². The van der Waals surface area contributed by atoms with Crippen LogP contribution in [0.1, 0.15) is 30.1 Å². The van der Waals surface area contributed by atoms with Gasteiger partial charge >= 0.3 is 5.97 Å². The Morgan fingerprint density at radius 3 is 2.95 bits per heavy atom. The lowest BCUT2D eigenvalue weighted by Gasteiger charge is -2.27. The van der Waals surface area contributed by atoms with Gasteiger partial charge in [0.15, 0.2) is 0 Å². The molecule has 1 aromatic rings. The standard InChI is InChI=1S/C14H18N2O3S2/c1-3-5-11-16(10(8-21-11)14(18)19)13(17)9-6-4-7-15-12(9)20-2/h4,6-7,10-11H,3,5,8H2,1-2H3,(H,18,19). The minimum atomic E-state index is -0.941. The lowest BCUT2D eigenvalue weighted by atomic mass is 10.2. The molecular formula is C14H18N2O3S2. The highest BCUT2D eigenvalue weighted by molar-refractivity contribution is 8.00. The van der Waals surface area contributed by atoms with E-state index in [4.69, 9.17) is 0 Å². The third-order valence-corrected chi connectivity index (χ3v) is 5.41. The van der Waals surface area contributed by atoms with Crippen LogP contribution in [-0.4, -0.2) is 50.3 Å². The predicted molar refractivity (Wildman–Crippen MR) is 84.8 cm³/mol. The molecule has 0 saturated carbocycles. The molecule has 0 aromatic carbocycles. The monoisotopic (exact) mass is 326 g/mol. The summed E-state index contributed by atoms with van der Waals surface area (Å²) < 4.78 is 0. The number of aliphatic carboxylic acids is 1. The summed E-state index contributed by atoms with van der Waals surface area (Å²) >= 11 is 2.94. The zero-order chi connectivity index (χ0) is 15.4. The fourth-order valence-electron chi connectivity index (χ4n) is 2.35. The predicted octanol–water partition coefficient (Wildman–Crippen LogP) is 2.57. The van der Waals surface area contributed by atoms with Crippen molar-refractivity contribution in [2.24, 2.45) is 0 Å². The van der Waals surface area contributed by atoms with Crippen molar-refractivity contribution in [1.82, 2.24) is 9.88 Å². The second-order valence-corrected chi connectivity index (χ2v) is 6.71. The first kappa shape index (κ1) is 16.2. The van der Waals surface area contributed by atoms with Crippen LogP contribution in [0.25, 0.3) is 0 Å². The van der Waals surface area contributed by atoms with E-state index in [1.807, 2.05) is 13.2 Å². The summed E-state index contributed by atoms with van der Waals surface area (Å²) in [6.07, 6.45) is 5.21. The average molecular weight is 326 g/mol. The van der Waals surface area contributed by atoms with Gasteiger partial charge in [0.25, 0.3) is 5.91 Å². The average Bonchev–Trinajstić information content (AvgIpc) is 2.91. The van der Waals surface area contributed by atoms with Crippen LogP contribution < -0.4 is 0 Å². The fraction of sp³-hybridized carbons (Fsp3) is 0.500. The van der Waals surface area contributed by atoms with Crippen molar-refractivity contribution in [3.63, 3.8) is 0 Å². The first-order valence-corrected chi connectivity index (χ1v) is 9.03. The van der Waals surface area contributed by atoms with Crippen LogP contribution in [0.2, 0.25) is 0 Å². The molecule has 7 heteroatoms. The maximum Gasteiger partial charge on any atom is 0.327 e. The Balaban J connectivity index is 2.34. The normalized spacial score (nSPS) is 21.5. The van der Waals surface area contributed by atoms with Crippen LogP contribution in [0, 0.1) is 0 Å². The number of aromatic nitrogens is 1. The van der Waals surface area contributed by atoms with Crippen molar-refractivity contribution in [1.29, 1.82) is 0 Å². The third-order valence-electron chi connectivity index (χ3n) is 3.34. The molecule has 0 bridgehead atoms. The van der Waals surface area contributed by atoms with Gasteiger partial charge in [-0.25, -0.2) is 9.78 Å². The molecule has 0 spiro atoms. The minimum Gasteiger partial charge on any atom is -0.480 e. The van der Waals surface area contributed by atoms with Crippen molar-refractivity contribution >= 4 is 35.4 Å². The van der Waals surface area contributed by atoms with Crippen molar-refractivity contribution < 1.29 is 14.7 Å². The Morgan fingerprint density at radius 2 is 2.33 bits per heavy atom. The molecule has 1 aliphatic rings. The van der Waals surface area contributed by atoms with Gasteiger partial charge in [-0.05, 0) is 24.8 Å². The zero-order valence-corrected chi connectivity index (χ0v) is 13.6. The number of carboxylic acids is 1. The lowest BCUT2D eigenvalue weighted by molar-refractivity contribution is -0.141. The van der Waals surface area contributed by atoms with E-state index < -0.39 is 12.0 Å². The first-order valence-electron chi connectivity index (χ1n) is 6.76. The van der Waals surface area contributed by atoms with Gasteiger partial charge in [0.1, 0.15) is 11.1 Å². The Bertz CT molecular complexity index is 539. The second kappa shape index (κ2) is 7.17. The molecule has 1 aliphatic heterocycles. The fourth-order valence-corrected chi connectivity index (χ4v) is 4.41. The van der Waals surface area contributed by atoms with Gasteiger partial charge in [0.2, 0.25) is 0 Å². The van der Waals surface area contributed by atoms with E-state index in [1.54, 1.807) is 30.1 Å². The quantitative estimate of drug-likeness (QED) is 0.839. The molecule has 2 heterocycles. The van der Waals surface area contributed by atoms with Crippen molar-refractivity contribution in [3.05, 3.63) is 23.9 Å². The highest BCUT2D eigenvalue weighted by atomic mass is 32.2. The van der Waals surface area contributed by atoms with E-state index in [-0.39, 0.29) is 11.3 Å². The van der Waals surface area contributed by atoms with E-state index in [2.05, 4.69) is 4.98 Å². The molecular weight excluding hydrogens is 308 g/mol. The minimum absolute atomic E-state index is 0.0708. The van der Waals surface area contributed by atoms with Crippen molar-refractivity contribution in [2.45, 2.75) is 36.2 Å². The van der Waals surface area contributed by atoms with E-state index in [0.717, 1.165) is 12.8 Å². The van der Waals surface area contributed by atoms with Crippen molar-refractivity contribution in [2.75, 3.05) is 12.0 Å². The van der Waals surface area contributed by atoms with Gasteiger partial charge in [-0.3, -0.25) is 4.79 Å². The van der Waals surface area contributed by atoms with E-state index >= 15 is 0 Å². The molecule has 1 aromatic heterocycles. The number of amides is 1. The number of carboxylic acid groups (broad SMARTS) is 1. The molecule has 1 N–H and O–H groups in total. The Kier molecular flexibility index (Phi) is 5.52. The molecule has 1 saturated heterocycles. The highest BCUT2D eigenvalue weighted by Crippen LogP contribution is 2.34. The molecule has 1 fully saturated rings. The van der Waals surface area contributed by atoms with Crippen LogP contribution in [-0.2, 0) is 4.79 Å². The highest BCUT2D eigenvalue weighted by Gasteiger charge is 2.41. The van der Waals surface area contributed by atoms with Gasteiger partial charge in [-0.1, -0.05) is 13.3 Å². The summed E-state index contributed by atoms with van der Waals surface area (Å²) in [6, 6.07) is 2.67. The maximum absolute atomic E-state index is 12.8. The number of hydrogen-bond acceptors (Lipinski definition) is 5. The summed E-state index contributed by atoms with van der Waals surface area (Å²) in [7, 11) is 0. The summed E-state index contributed by atoms with van der Waals surface area (Å²) in [6.45, 7) is 2.04. The largest absolute Gasteiger partial charge is 0.480 e. The van der Waals surface area contributed by atoms with Gasteiger partial charge < -0.3 is 10.0 Å². The van der Waals surface area contributed by atoms with Crippen LogP contribution in [0.3, 0.4) is 0 Å². The second-order valence-electron chi connectivity index (χ2n) is 4.70. The number of rotatable bonds is 5. The number of carbonyl (C=O) groups is 2. The van der Waals surface area contributed by atoms with Crippen LogP contribution in [0.4, 0.5) is 0 Å². The van der Waals surface area contributed by atoms with Crippen LogP contribution in [0.15, 0.2) is 23.4 Å². The first-order chi connectivity index (χ1) is 10.1. The summed E-state index contributed by atoms with van der Waals surface area (Å²) in [5, 5.41) is 9.93. The summed E-state index contributed by atoms with van der Waals surface area (Å²) in [5.41, 5.74) is 0.486. The van der Waals surface area contributed by atoms with Gasteiger partial charge in [-0.2, -0.15) is 0 Å².